The van der Waals surface area contributed by atoms with E-state index in [0.29, 0.717) is 30.3 Å². The van der Waals surface area contributed by atoms with Crippen LogP contribution in [0.25, 0.3) is 10.9 Å². The van der Waals surface area contributed by atoms with Gasteiger partial charge in [-0.05, 0) is 31.0 Å². The summed E-state index contributed by atoms with van der Waals surface area (Å²) in [6, 6.07) is 15.9. The zero-order chi connectivity index (χ0) is 20.9. The van der Waals surface area contributed by atoms with Crippen LogP contribution in [0.4, 0.5) is 0 Å². The second-order valence-corrected chi connectivity index (χ2v) is 8.01. The summed E-state index contributed by atoms with van der Waals surface area (Å²) >= 11 is 0. The molecule has 2 heterocycles. The van der Waals surface area contributed by atoms with Crippen LogP contribution in [0.15, 0.2) is 59.7 Å². The molecule has 1 aliphatic rings. The number of para-hydroxylation sites is 1. The van der Waals surface area contributed by atoms with E-state index in [1.165, 1.54) is 11.1 Å². The lowest BCUT2D eigenvalue weighted by Crippen LogP contribution is -2.48. The van der Waals surface area contributed by atoms with E-state index in [-0.39, 0.29) is 11.5 Å². The predicted octanol–water partition coefficient (Wildman–Crippen LogP) is 2.83. The van der Waals surface area contributed by atoms with Crippen LogP contribution in [0.5, 0.6) is 0 Å². The first kappa shape index (κ1) is 20.3. The van der Waals surface area contributed by atoms with E-state index in [1.807, 2.05) is 23.1 Å². The van der Waals surface area contributed by atoms with Crippen LogP contribution in [0.1, 0.15) is 24.0 Å². The minimum absolute atomic E-state index is 0.0437. The first-order chi connectivity index (χ1) is 14.6. The summed E-state index contributed by atoms with van der Waals surface area (Å²) in [4.78, 5) is 33.8. The number of hydrogen-bond acceptors (Lipinski definition) is 4. The highest BCUT2D eigenvalue weighted by atomic mass is 16.2. The second kappa shape index (κ2) is 9.22. The molecule has 0 N–H and O–H groups in total. The topological polar surface area (TPSA) is 58.4 Å². The van der Waals surface area contributed by atoms with Gasteiger partial charge in [0.2, 0.25) is 5.91 Å². The van der Waals surface area contributed by atoms with Gasteiger partial charge >= 0.3 is 0 Å². The fourth-order valence-corrected chi connectivity index (χ4v) is 4.05. The Morgan fingerprint density at radius 3 is 2.63 bits per heavy atom. The maximum Gasteiger partial charge on any atom is 0.261 e. The highest BCUT2D eigenvalue weighted by Gasteiger charge is 2.20. The van der Waals surface area contributed by atoms with Crippen molar-refractivity contribution in [3.05, 3.63) is 76.3 Å². The quantitative estimate of drug-likeness (QED) is 0.634. The lowest BCUT2D eigenvalue weighted by Gasteiger charge is -2.35. The number of hydrogen-bond donors (Lipinski definition) is 0. The van der Waals surface area contributed by atoms with Crippen LogP contribution in [-0.4, -0.2) is 51.4 Å². The number of carbonyl (C=O) groups is 1. The van der Waals surface area contributed by atoms with Crippen LogP contribution in [-0.2, 0) is 17.9 Å². The number of piperazine rings is 1. The Labute approximate surface area is 176 Å². The van der Waals surface area contributed by atoms with Crippen molar-refractivity contribution >= 4 is 16.8 Å². The average molecular weight is 405 g/mol. The van der Waals surface area contributed by atoms with Gasteiger partial charge in [0.05, 0.1) is 17.2 Å². The van der Waals surface area contributed by atoms with Gasteiger partial charge in [0, 0.05) is 45.7 Å². The van der Waals surface area contributed by atoms with E-state index in [0.717, 1.165) is 32.7 Å². The zero-order valence-electron chi connectivity index (χ0n) is 17.5. The van der Waals surface area contributed by atoms with E-state index in [2.05, 4.69) is 41.1 Å². The number of rotatable bonds is 6. The summed E-state index contributed by atoms with van der Waals surface area (Å²) in [5, 5.41) is 0.621. The lowest BCUT2D eigenvalue weighted by atomic mass is 10.1. The van der Waals surface area contributed by atoms with E-state index in [1.54, 1.807) is 17.0 Å². The van der Waals surface area contributed by atoms with Gasteiger partial charge in [-0.15, -0.1) is 0 Å². The van der Waals surface area contributed by atoms with Gasteiger partial charge in [-0.3, -0.25) is 19.1 Å². The van der Waals surface area contributed by atoms with Crippen molar-refractivity contribution in [3.63, 3.8) is 0 Å². The van der Waals surface area contributed by atoms with Crippen molar-refractivity contribution in [2.24, 2.45) is 0 Å². The number of nitrogens with zero attached hydrogens (tertiary/aromatic N) is 4. The summed E-state index contributed by atoms with van der Waals surface area (Å²) in [5.74, 6) is 0.173. The van der Waals surface area contributed by atoms with E-state index < -0.39 is 0 Å². The summed E-state index contributed by atoms with van der Waals surface area (Å²) in [7, 11) is 0. The highest BCUT2D eigenvalue weighted by Crippen LogP contribution is 2.12. The Bertz CT molecular complexity index is 1080. The fraction of sp³-hybridized carbons (Fsp3) is 0.375. The molecular formula is C24H28N4O2. The molecular weight excluding hydrogens is 376 g/mol. The molecule has 6 heteroatoms. The average Bonchev–Trinajstić information content (AvgIpc) is 2.76. The Morgan fingerprint density at radius 2 is 1.83 bits per heavy atom. The number of amides is 1. The SMILES string of the molecule is Cc1cccc(CN2CCN(C(=O)CCCn3cnc4ccccc4c3=O)CC2)c1. The molecule has 1 saturated heterocycles. The molecule has 0 unspecified atom stereocenters. The fourth-order valence-electron chi connectivity index (χ4n) is 4.05. The van der Waals surface area contributed by atoms with Crippen molar-refractivity contribution in [1.29, 1.82) is 0 Å². The molecule has 1 fully saturated rings. The molecule has 3 aromatic rings. The second-order valence-electron chi connectivity index (χ2n) is 8.01. The standard InChI is InChI=1S/C24H28N4O2/c1-19-6-4-7-20(16-19)17-26-12-14-27(15-13-26)23(29)10-5-11-28-18-25-22-9-3-2-8-21(22)24(28)30/h2-4,6-9,16,18H,5,10-15,17H2,1H3. The molecule has 156 valence electrons. The molecule has 0 atom stereocenters. The molecule has 6 nitrogen and oxygen atoms in total. The van der Waals surface area contributed by atoms with Crippen molar-refractivity contribution in [2.45, 2.75) is 32.9 Å². The van der Waals surface area contributed by atoms with Crippen molar-refractivity contribution in [2.75, 3.05) is 26.2 Å². The molecule has 30 heavy (non-hydrogen) atoms. The zero-order valence-corrected chi connectivity index (χ0v) is 17.5. The maximum atomic E-state index is 12.6. The maximum absolute atomic E-state index is 12.6. The van der Waals surface area contributed by atoms with Crippen molar-refractivity contribution < 1.29 is 4.79 Å². The monoisotopic (exact) mass is 404 g/mol. The van der Waals surface area contributed by atoms with Crippen LogP contribution in [0.2, 0.25) is 0 Å². The van der Waals surface area contributed by atoms with Gasteiger partial charge < -0.3 is 4.90 Å². The molecule has 1 aromatic heterocycles. The summed E-state index contributed by atoms with van der Waals surface area (Å²) in [5.41, 5.74) is 3.27. The van der Waals surface area contributed by atoms with Gasteiger partial charge in [-0.25, -0.2) is 4.98 Å². The molecule has 1 aliphatic heterocycles. The number of carbonyl (C=O) groups excluding carboxylic acids is 1. The molecule has 1 amide bonds. The van der Waals surface area contributed by atoms with Crippen LogP contribution in [0.3, 0.4) is 0 Å². The summed E-state index contributed by atoms with van der Waals surface area (Å²) in [6.45, 7) is 6.88. The Kier molecular flexibility index (Phi) is 6.23. The lowest BCUT2D eigenvalue weighted by molar-refractivity contribution is -0.133. The third kappa shape index (κ3) is 4.76. The number of fused-ring (bicyclic) bond motifs is 1. The first-order valence-corrected chi connectivity index (χ1v) is 10.6. The molecule has 0 aliphatic carbocycles. The van der Waals surface area contributed by atoms with Crippen LogP contribution < -0.4 is 5.56 Å². The largest absolute Gasteiger partial charge is 0.340 e. The molecule has 0 radical (unpaired) electrons. The van der Waals surface area contributed by atoms with Gasteiger partial charge in [0.1, 0.15) is 0 Å². The van der Waals surface area contributed by atoms with Gasteiger partial charge in [-0.2, -0.15) is 0 Å². The highest BCUT2D eigenvalue weighted by molar-refractivity contribution is 5.77. The minimum Gasteiger partial charge on any atom is -0.340 e. The normalized spacial score (nSPS) is 14.9. The van der Waals surface area contributed by atoms with E-state index in [9.17, 15) is 9.59 Å². The summed E-state index contributed by atoms with van der Waals surface area (Å²) < 4.78 is 1.61. The number of benzene rings is 2. The smallest absolute Gasteiger partial charge is 0.261 e. The molecule has 0 spiro atoms. The first-order valence-electron chi connectivity index (χ1n) is 10.6. The molecule has 0 bridgehead atoms. The minimum atomic E-state index is -0.0437. The number of aromatic nitrogens is 2. The van der Waals surface area contributed by atoms with E-state index in [4.69, 9.17) is 0 Å². The number of aryl methyl sites for hydroxylation is 2. The Morgan fingerprint density at radius 1 is 1.03 bits per heavy atom. The van der Waals surface area contributed by atoms with Crippen LogP contribution >= 0.6 is 0 Å². The van der Waals surface area contributed by atoms with Crippen molar-refractivity contribution in [3.8, 4) is 0 Å². The van der Waals surface area contributed by atoms with Gasteiger partial charge in [-0.1, -0.05) is 42.0 Å². The van der Waals surface area contributed by atoms with E-state index >= 15 is 0 Å². The third-order valence-electron chi connectivity index (χ3n) is 5.73. The predicted molar refractivity (Wildman–Crippen MR) is 118 cm³/mol. The molecule has 0 saturated carbocycles. The Balaban J connectivity index is 1.24. The van der Waals surface area contributed by atoms with Crippen molar-refractivity contribution in [1.82, 2.24) is 19.4 Å². The Hall–Kier alpha value is -2.99. The molecule has 2 aromatic carbocycles. The van der Waals surface area contributed by atoms with Crippen LogP contribution in [0, 0.1) is 6.92 Å². The van der Waals surface area contributed by atoms with Gasteiger partial charge in [0.25, 0.3) is 5.56 Å². The van der Waals surface area contributed by atoms with Gasteiger partial charge in [0.15, 0.2) is 0 Å². The third-order valence-corrected chi connectivity index (χ3v) is 5.73. The summed E-state index contributed by atoms with van der Waals surface area (Å²) in [6.07, 6.45) is 2.68. The molecule has 4 rings (SSSR count).